The molecular weight excluding hydrogens is 262 g/mol. The van der Waals surface area contributed by atoms with E-state index in [1.165, 1.54) is 32.1 Å². The lowest BCUT2D eigenvalue weighted by atomic mass is 9.81. The Hall–Kier alpha value is -0.930. The highest BCUT2D eigenvalue weighted by atomic mass is 35.5. The summed E-state index contributed by atoms with van der Waals surface area (Å²) in [6.07, 6.45) is 6.44. The van der Waals surface area contributed by atoms with Crippen LogP contribution in [0.3, 0.4) is 0 Å². The monoisotopic (exact) mass is 285 g/mol. The first kappa shape index (κ1) is 16.1. The van der Waals surface area contributed by atoms with E-state index >= 15 is 0 Å². The molecule has 0 spiro atoms. The predicted molar refractivity (Wildman–Crippen MR) is 80.3 cm³/mol. The van der Waals surface area contributed by atoms with Gasteiger partial charge in [-0.05, 0) is 36.5 Å². The lowest BCUT2D eigenvalue weighted by Gasteiger charge is -2.28. The van der Waals surface area contributed by atoms with Crippen LogP contribution in [0.2, 0.25) is 0 Å². The van der Waals surface area contributed by atoms with Crippen molar-refractivity contribution in [2.75, 3.05) is 14.2 Å². The third-order valence-electron chi connectivity index (χ3n) is 3.92. The molecule has 0 amide bonds. The summed E-state index contributed by atoms with van der Waals surface area (Å²) in [5.41, 5.74) is 7.53. The number of hydrogen-bond acceptors (Lipinski definition) is 3. The maximum atomic E-state index is 6.41. The Morgan fingerprint density at radius 2 is 1.53 bits per heavy atom. The van der Waals surface area contributed by atoms with Crippen molar-refractivity contribution in [1.82, 2.24) is 0 Å². The summed E-state index contributed by atoms with van der Waals surface area (Å²) in [6, 6.07) is 6.04. The van der Waals surface area contributed by atoms with Crippen molar-refractivity contribution in [3.63, 3.8) is 0 Å². The van der Waals surface area contributed by atoms with Gasteiger partial charge in [-0.2, -0.15) is 0 Å². The first-order chi connectivity index (χ1) is 8.74. The van der Waals surface area contributed by atoms with E-state index in [0.29, 0.717) is 5.92 Å². The Morgan fingerprint density at radius 3 is 2.00 bits per heavy atom. The van der Waals surface area contributed by atoms with Gasteiger partial charge in [0.05, 0.1) is 14.2 Å². The Balaban J connectivity index is 0.00000180. The molecule has 2 N–H and O–H groups in total. The maximum Gasteiger partial charge on any atom is 0.122 e. The lowest BCUT2D eigenvalue weighted by molar-refractivity contribution is 0.306. The Morgan fingerprint density at radius 1 is 1.00 bits per heavy atom. The van der Waals surface area contributed by atoms with Gasteiger partial charge in [-0.1, -0.05) is 19.3 Å². The Kier molecular flexibility index (Phi) is 6.46. The van der Waals surface area contributed by atoms with Gasteiger partial charge in [0.15, 0.2) is 0 Å². The van der Waals surface area contributed by atoms with Crippen LogP contribution >= 0.6 is 12.4 Å². The van der Waals surface area contributed by atoms with Crippen LogP contribution in [0.1, 0.15) is 43.7 Å². The zero-order chi connectivity index (χ0) is 13.0. The Labute approximate surface area is 121 Å². The largest absolute Gasteiger partial charge is 0.497 e. The van der Waals surface area contributed by atoms with Crippen LogP contribution in [0.15, 0.2) is 18.2 Å². The molecule has 0 bridgehead atoms. The molecule has 0 heterocycles. The van der Waals surface area contributed by atoms with E-state index in [1.54, 1.807) is 14.2 Å². The SMILES string of the molecule is COc1cc(OC)cc([C@H](N)C2CCCCC2)c1.Cl. The van der Waals surface area contributed by atoms with E-state index in [4.69, 9.17) is 15.2 Å². The molecule has 0 unspecified atom stereocenters. The third-order valence-corrected chi connectivity index (χ3v) is 3.92. The topological polar surface area (TPSA) is 44.5 Å². The molecule has 1 fully saturated rings. The lowest BCUT2D eigenvalue weighted by Crippen LogP contribution is -2.23. The van der Waals surface area contributed by atoms with Gasteiger partial charge in [-0.25, -0.2) is 0 Å². The number of ether oxygens (including phenoxy) is 2. The van der Waals surface area contributed by atoms with Gasteiger partial charge < -0.3 is 15.2 Å². The summed E-state index contributed by atoms with van der Waals surface area (Å²) in [4.78, 5) is 0. The van der Waals surface area contributed by atoms with Gasteiger partial charge >= 0.3 is 0 Å². The molecule has 0 saturated heterocycles. The van der Waals surface area contributed by atoms with Crippen molar-refractivity contribution in [3.8, 4) is 11.5 Å². The van der Waals surface area contributed by atoms with Crippen LogP contribution in [0.25, 0.3) is 0 Å². The highest BCUT2D eigenvalue weighted by molar-refractivity contribution is 5.85. The molecule has 1 saturated carbocycles. The van der Waals surface area contributed by atoms with Gasteiger partial charge in [0.1, 0.15) is 11.5 Å². The number of nitrogens with two attached hydrogens (primary N) is 1. The second-order valence-corrected chi connectivity index (χ2v) is 5.07. The van der Waals surface area contributed by atoms with Gasteiger partial charge in [-0.15, -0.1) is 12.4 Å². The molecule has 3 nitrogen and oxygen atoms in total. The van der Waals surface area contributed by atoms with Crippen LogP contribution in [0.5, 0.6) is 11.5 Å². The van der Waals surface area contributed by atoms with E-state index in [0.717, 1.165) is 17.1 Å². The van der Waals surface area contributed by atoms with E-state index in [-0.39, 0.29) is 18.4 Å². The average Bonchev–Trinajstić information content (AvgIpc) is 2.46. The number of methoxy groups -OCH3 is 2. The molecule has 1 aromatic carbocycles. The van der Waals surface area contributed by atoms with E-state index in [1.807, 2.05) is 18.2 Å². The predicted octanol–water partition coefficient (Wildman–Crippen LogP) is 3.71. The summed E-state index contributed by atoms with van der Waals surface area (Å²) < 4.78 is 10.6. The molecule has 4 heteroatoms. The molecule has 1 aromatic rings. The fourth-order valence-corrected chi connectivity index (χ4v) is 2.79. The number of halogens is 1. The summed E-state index contributed by atoms with van der Waals surface area (Å²) >= 11 is 0. The summed E-state index contributed by atoms with van der Waals surface area (Å²) in [6.45, 7) is 0. The van der Waals surface area contributed by atoms with Gasteiger partial charge in [0.25, 0.3) is 0 Å². The zero-order valence-corrected chi connectivity index (χ0v) is 12.5. The zero-order valence-electron chi connectivity index (χ0n) is 11.7. The van der Waals surface area contributed by atoms with Crippen molar-refractivity contribution in [2.24, 2.45) is 11.7 Å². The summed E-state index contributed by atoms with van der Waals surface area (Å²) in [5, 5.41) is 0. The minimum Gasteiger partial charge on any atom is -0.497 e. The second-order valence-electron chi connectivity index (χ2n) is 5.07. The highest BCUT2D eigenvalue weighted by Crippen LogP contribution is 2.35. The molecule has 1 aliphatic rings. The van der Waals surface area contributed by atoms with Gasteiger partial charge in [0, 0.05) is 12.1 Å². The standard InChI is InChI=1S/C15H23NO2.ClH/c1-17-13-8-12(9-14(10-13)18-2)15(16)11-6-4-3-5-7-11;/h8-11,15H,3-7,16H2,1-2H3;1H/t15-;/m1./s1. The fourth-order valence-electron chi connectivity index (χ4n) is 2.79. The minimum atomic E-state index is 0. The van der Waals surface area contributed by atoms with Crippen molar-refractivity contribution in [1.29, 1.82) is 0 Å². The molecule has 1 aliphatic carbocycles. The first-order valence-electron chi connectivity index (χ1n) is 6.73. The molecule has 0 aliphatic heterocycles. The molecule has 0 aromatic heterocycles. The van der Waals surface area contributed by atoms with Crippen LogP contribution in [0, 0.1) is 5.92 Å². The van der Waals surface area contributed by atoms with Crippen molar-refractivity contribution in [2.45, 2.75) is 38.1 Å². The van der Waals surface area contributed by atoms with Crippen LogP contribution in [0.4, 0.5) is 0 Å². The molecule has 19 heavy (non-hydrogen) atoms. The molecule has 108 valence electrons. The third kappa shape index (κ3) is 4.02. The quantitative estimate of drug-likeness (QED) is 0.917. The minimum absolute atomic E-state index is 0. The van der Waals surface area contributed by atoms with Crippen LogP contribution in [-0.2, 0) is 0 Å². The van der Waals surface area contributed by atoms with Crippen molar-refractivity contribution < 1.29 is 9.47 Å². The molecule has 2 rings (SSSR count). The van der Waals surface area contributed by atoms with Gasteiger partial charge in [0.2, 0.25) is 0 Å². The average molecular weight is 286 g/mol. The number of benzene rings is 1. The van der Waals surface area contributed by atoms with Crippen LogP contribution in [-0.4, -0.2) is 14.2 Å². The summed E-state index contributed by atoms with van der Waals surface area (Å²) in [5.74, 6) is 2.22. The number of rotatable bonds is 4. The van der Waals surface area contributed by atoms with Gasteiger partial charge in [-0.3, -0.25) is 0 Å². The summed E-state index contributed by atoms with van der Waals surface area (Å²) in [7, 11) is 3.34. The second kappa shape index (κ2) is 7.61. The van der Waals surface area contributed by atoms with E-state index < -0.39 is 0 Å². The number of hydrogen-bond donors (Lipinski definition) is 1. The van der Waals surface area contributed by atoms with E-state index in [2.05, 4.69) is 0 Å². The van der Waals surface area contributed by atoms with Crippen molar-refractivity contribution >= 4 is 12.4 Å². The molecule has 0 radical (unpaired) electrons. The van der Waals surface area contributed by atoms with Crippen molar-refractivity contribution in [3.05, 3.63) is 23.8 Å². The Bertz CT molecular complexity index is 369. The molecule has 1 atom stereocenters. The normalized spacial score (nSPS) is 17.4. The fraction of sp³-hybridized carbons (Fsp3) is 0.600. The smallest absolute Gasteiger partial charge is 0.122 e. The highest BCUT2D eigenvalue weighted by Gasteiger charge is 2.22. The maximum absolute atomic E-state index is 6.41. The van der Waals surface area contributed by atoms with Crippen LogP contribution < -0.4 is 15.2 Å². The van der Waals surface area contributed by atoms with E-state index in [9.17, 15) is 0 Å². The first-order valence-corrected chi connectivity index (χ1v) is 6.73. The molecular formula is C15H24ClNO2.